The SMILES string of the molecule is Cc1cc(F)c(-c2ccccc2O)c(Br)c1. The fraction of sp³-hybridized carbons (Fsp3) is 0.0769. The van der Waals surface area contributed by atoms with Crippen LogP contribution in [0.3, 0.4) is 0 Å². The minimum atomic E-state index is -0.339. The van der Waals surface area contributed by atoms with E-state index in [1.54, 1.807) is 24.3 Å². The Hall–Kier alpha value is -1.35. The molecule has 0 aliphatic heterocycles. The Morgan fingerprint density at radius 2 is 1.88 bits per heavy atom. The highest BCUT2D eigenvalue weighted by Crippen LogP contribution is 2.36. The highest BCUT2D eigenvalue weighted by atomic mass is 79.9. The number of halogens is 2. The summed E-state index contributed by atoms with van der Waals surface area (Å²) in [7, 11) is 0. The van der Waals surface area contributed by atoms with Crippen LogP contribution in [0.15, 0.2) is 40.9 Å². The zero-order valence-corrected chi connectivity index (χ0v) is 10.3. The van der Waals surface area contributed by atoms with Crippen molar-refractivity contribution in [3.63, 3.8) is 0 Å². The van der Waals surface area contributed by atoms with Gasteiger partial charge in [-0.2, -0.15) is 0 Å². The number of phenolic OH excluding ortho intramolecular Hbond substituents is 1. The summed E-state index contributed by atoms with van der Waals surface area (Å²) in [6.07, 6.45) is 0. The maximum Gasteiger partial charge on any atom is 0.132 e. The summed E-state index contributed by atoms with van der Waals surface area (Å²) >= 11 is 3.32. The number of aromatic hydroxyl groups is 1. The fourth-order valence-corrected chi connectivity index (χ4v) is 2.41. The molecule has 0 radical (unpaired) electrons. The molecule has 82 valence electrons. The Labute approximate surface area is 102 Å². The molecule has 0 spiro atoms. The molecule has 16 heavy (non-hydrogen) atoms. The molecule has 0 atom stereocenters. The van der Waals surface area contributed by atoms with Gasteiger partial charge in [-0.25, -0.2) is 4.39 Å². The van der Waals surface area contributed by atoms with Gasteiger partial charge in [0.1, 0.15) is 11.6 Å². The lowest BCUT2D eigenvalue weighted by Crippen LogP contribution is -1.88. The molecule has 0 aliphatic carbocycles. The molecule has 0 aliphatic rings. The molecule has 1 nitrogen and oxygen atoms in total. The van der Waals surface area contributed by atoms with E-state index in [4.69, 9.17) is 0 Å². The first-order chi connectivity index (χ1) is 7.59. The number of benzene rings is 2. The quantitative estimate of drug-likeness (QED) is 0.827. The van der Waals surface area contributed by atoms with Crippen molar-refractivity contribution in [3.8, 4) is 16.9 Å². The second-order valence-corrected chi connectivity index (χ2v) is 4.48. The van der Waals surface area contributed by atoms with Crippen LogP contribution in [0.1, 0.15) is 5.56 Å². The molecule has 0 bridgehead atoms. The molecule has 0 aromatic heterocycles. The normalized spacial score (nSPS) is 10.4. The van der Waals surface area contributed by atoms with E-state index >= 15 is 0 Å². The number of hydrogen-bond acceptors (Lipinski definition) is 1. The molecule has 0 fully saturated rings. The molecule has 3 heteroatoms. The predicted molar refractivity (Wildman–Crippen MR) is 65.9 cm³/mol. The lowest BCUT2D eigenvalue weighted by atomic mass is 10.0. The average molecular weight is 281 g/mol. The van der Waals surface area contributed by atoms with Gasteiger partial charge in [0.05, 0.1) is 0 Å². The number of rotatable bonds is 1. The van der Waals surface area contributed by atoms with Crippen molar-refractivity contribution < 1.29 is 9.50 Å². The zero-order chi connectivity index (χ0) is 11.7. The van der Waals surface area contributed by atoms with Crippen molar-refractivity contribution in [1.29, 1.82) is 0 Å². The third-order valence-corrected chi connectivity index (χ3v) is 2.99. The van der Waals surface area contributed by atoms with Gasteiger partial charge in [0.25, 0.3) is 0 Å². The Kier molecular flexibility index (Phi) is 2.97. The van der Waals surface area contributed by atoms with Gasteiger partial charge in [0.2, 0.25) is 0 Å². The van der Waals surface area contributed by atoms with E-state index < -0.39 is 0 Å². The van der Waals surface area contributed by atoms with Gasteiger partial charge >= 0.3 is 0 Å². The molecular formula is C13H10BrFO. The van der Waals surface area contributed by atoms with Gasteiger partial charge in [-0.15, -0.1) is 0 Å². The van der Waals surface area contributed by atoms with Crippen LogP contribution in [-0.2, 0) is 0 Å². The lowest BCUT2D eigenvalue weighted by molar-refractivity contribution is 0.476. The van der Waals surface area contributed by atoms with E-state index in [0.29, 0.717) is 15.6 Å². The first kappa shape index (κ1) is 11.1. The monoisotopic (exact) mass is 280 g/mol. The van der Waals surface area contributed by atoms with E-state index in [2.05, 4.69) is 15.9 Å². The van der Waals surface area contributed by atoms with Gasteiger partial charge < -0.3 is 5.11 Å². The summed E-state index contributed by atoms with van der Waals surface area (Å²) in [5.41, 5.74) is 1.72. The largest absolute Gasteiger partial charge is 0.507 e. The van der Waals surface area contributed by atoms with Crippen molar-refractivity contribution in [2.45, 2.75) is 6.92 Å². The van der Waals surface area contributed by atoms with Crippen LogP contribution in [-0.4, -0.2) is 5.11 Å². The third kappa shape index (κ3) is 1.95. The third-order valence-electron chi connectivity index (χ3n) is 2.36. The second-order valence-electron chi connectivity index (χ2n) is 3.62. The second kappa shape index (κ2) is 4.26. The first-order valence-electron chi connectivity index (χ1n) is 4.83. The predicted octanol–water partition coefficient (Wildman–Crippen LogP) is 4.27. The van der Waals surface area contributed by atoms with Gasteiger partial charge in [-0.3, -0.25) is 0 Å². The van der Waals surface area contributed by atoms with Crippen molar-refractivity contribution in [3.05, 3.63) is 52.3 Å². The van der Waals surface area contributed by atoms with Crippen LogP contribution in [0, 0.1) is 12.7 Å². The molecule has 2 aromatic carbocycles. The summed E-state index contributed by atoms with van der Waals surface area (Å²) in [4.78, 5) is 0. The van der Waals surface area contributed by atoms with Crippen LogP contribution in [0.5, 0.6) is 5.75 Å². The summed E-state index contributed by atoms with van der Waals surface area (Å²) < 4.78 is 14.5. The highest BCUT2D eigenvalue weighted by molar-refractivity contribution is 9.10. The van der Waals surface area contributed by atoms with Crippen molar-refractivity contribution in [1.82, 2.24) is 0 Å². The topological polar surface area (TPSA) is 20.2 Å². The summed E-state index contributed by atoms with van der Waals surface area (Å²) in [5.74, 6) is -0.265. The van der Waals surface area contributed by atoms with Gasteiger partial charge in [-0.1, -0.05) is 34.1 Å². The van der Waals surface area contributed by atoms with E-state index in [9.17, 15) is 9.50 Å². The number of phenols is 1. The van der Waals surface area contributed by atoms with E-state index in [1.807, 2.05) is 13.0 Å². The molecular weight excluding hydrogens is 271 g/mol. The van der Waals surface area contributed by atoms with Crippen molar-refractivity contribution in [2.75, 3.05) is 0 Å². The smallest absolute Gasteiger partial charge is 0.132 e. The van der Waals surface area contributed by atoms with E-state index in [0.717, 1.165) is 5.56 Å². The number of hydrogen-bond donors (Lipinski definition) is 1. The highest BCUT2D eigenvalue weighted by Gasteiger charge is 2.13. The fourth-order valence-electron chi connectivity index (χ4n) is 1.64. The Morgan fingerprint density at radius 1 is 1.19 bits per heavy atom. The molecule has 0 heterocycles. The maximum absolute atomic E-state index is 13.8. The van der Waals surface area contributed by atoms with Crippen LogP contribution in [0.4, 0.5) is 4.39 Å². The van der Waals surface area contributed by atoms with Crippen molar-refractivity contribution in [2.24, 2.45) is 0 Å². The van der Waals surface area contributed by atoms with Gasteiger partial charge in [0, 0.05) is 15.6 Å². The summed E-state index contributed by atoms with van der Waals surface area (Å²) in [6, 6.07) is 9.98. The maximum atomic E-state index is 13.8. The van der Waals surface area contributed by atoms with Crippen LogP contribution in [0.2, 0.25) is 0 Å². The molecule has 0 unspecified atom stereocenters. The summed E-state index contributed by atoms with van der Waals surface area (Å²) in [5, 5.41) is 9.69. The lowest BCUT2D eigenvalue weighted by Gasteiger charge is -2.09. The first-order valence-corrected chi connectivity index (χ1v) is 5.63. The minimum Gasteiger partial charge on any atom is -0.507 e. The molecule has 0 saturated heterocycles. The van der Waals surface area contributed by atoms with Gasteiger partial charge in [0.15, 0.2) is 0 Å². The average Bonchev–Trinajstić information content (AvgIpc) is 2.19. The van der Waals surface area contributed by atoms with Crippen LogP contribution in [0.25, 0.3) is 11.1 Å². The molecule has 0 saturated carbocycles. The van der Waals surface area contributed by atoms with E-state index in [1.165, 1.54) is 6.07 Å². The Balaban J connectivity index is 2.70. The Bertz CT molecular complexity index is 514. The zero-order valence-electron chi connectivity index (χ0n) is 8.67. The van der Waals surface area contributed by atoms with Crippen LogP contribution < -0.4 is 0 Å². The van der Waals surface area contributed by atoms with Crippen molar-refractivity contribution >= 4 is 15.9 Å². The molecule has 1 N–H and O–H groups in total. The minimum absolute atomic E-state index is 0.0750. The van der Waals surface area contributed by atoms with Gasteiger partial charge in [-0.05, 0) is 30.7 Å². The Morgan fingerprint density at radius 3 is 2.50 bits per heavy atom. The van der Waals surface area contributed by atoms with Crippen LogP contribution >= 0.6 is 15.9 Å². The molecule has 2 aromatic rings. The molecule has 0 amide bonds. The number of aryl methyl sites for hydroxylation is 1. The molecule has 2 rings (SSSR count). The standard InChI is InChI=1S/C13H10BrFO/c1-8-6-10(14)13(11(15)7-8)9-4-2-3-5-12(9)16/h2-7,16H,1H3. The van der Waals surface area contributed by atoms with E-state index in [-0.39, 0.29) is 11.6 Å². The number of para-hydroxylation sites is 1. The summed E-state index contributed by atoms with van der Waals surface area (Å²) in [6.45, 7) is 1.82.